The maximum atomic E-state index is 13.6. The molecule has 0 fully saturated rings. The van der Waals surface area contributed by atoms with Crippen molar-refractivity contribution >= 4 is 22.5 Å². The number of fused-ring (bicyclic) bond motifs is 1. The molecule has 0 aliphatic carbocycles. The molecule has 0 unspecified atom stereocenters. The van der Waals surface area contributed by atoms with Gasteiger partial charge < -0.3 is 5.32 Å². The zero-order valence-corrected chi connectivity index (χ0v) is 15.5. The zero-order valence-electron chi connectivity index (χ0n) is 15.5. The van der Waals surface area contributed by atoms with E-state index < -0.39 is 11.6 Å². The summed E-state index contributed by atoms with van der Waals surface area (Å²) in [4.78, 5) is 9.03. The Hall–Kier alpha value is -3.35. The number of aryl methyl sites for hydroxylation is 2. The minimum Gasteiger partial charge on any atom is -0.339 e. The molecular weight excluding hydrogens is 365 g/mol. The first-order valence-corrected chi connectivity index (χ1v) is 8.69. The Labute approximate surface area is 159 Å². The Morgan fingerprint density at radius 3 is 2.25 bits per heavy atom. The van der Waals surface area contributed by atoms with Gasteiger partial charge in [0.2, 0.25) is 0 Å². The second-order valence-corrected chi connectivity index (χ2v) is 6.59. The molecule has 0 bridgehead atoms. The molecule has 1 N–H and O–H groups in total. The largest absolute Gasteiger partial charge is 0.339 e. The molecule has 4 nitrogen and oxygen atoms in total. The number of hydrogen-bond donors (Lipinski definition) is 1. The van der Waals surface area contributed by atoms with Crippen LogP contribution in [0.25, 0.3) is 16.7 Å². The van der Waals surface area contributed by atoms with Crippen LogP contribution < -0.4 is 5.32 Å². The molecule has 4 aromatic rings. The molecule has 2 aromatic carbocycles. The first-order chi connectivity index (χ1) is 13.3. The Bertz CT molecular complexity index is 1200. The van der Waals surface area contributed by atoms with Gasteiger partial charge in [0, 0.05) is 23.1 Å². The minimum absolute atomic E-state index is 0.318. The van der Waals surface area contributed by atoms with E-state index in [9.17, 15) is 13.2 Å². The highest BCUT2D eigenvalue weighted by Crippen LogP contribution is 2.33. The van der Waals surface area contributed by atoms with E-state index in [1.165, 1.54) is 18.2 Å². The normalized spacial score (nSPS) is 11.2. The highest BCUT2D eigenvalue weighted by Gasteiger charge is 2.19. The predicted molar refractivity (Wildman–Crippen MR) is 103 cm³/mol. The number of halogens is 3. The molecule has 2 heterocycles. The van der Waals surface area contributed by atoms with Crippen LogP contribution in [0.1, 0.15) is 17.1 Å². The highest BCUT2D eigenvalue weighted by atomic mass is 19.2. The van der Waals surface area contributed by atoms with Crippen molar-refractivity contribution in [2.45, 2.75) is 20.8 Å². The van der Waals surface area contributed by atoms with Crippen molar-refractivity contribution in [2.75, 3.05) is 5.32 Å². The third kappa shape index (κ3) is 2.98. The number of nitrogens with one attached hydrogen (secondary N) is 1. The van der Waals surface area contributed by atoms with Crippen molar-refractivity contribution in [1.82, 2.24) is 14.5 Å². The monoisotopic (exact) mass is 382 g/mol. The van der Waals surface area contributed by atoms with Crippen LogP contribution in [-0.4, -0.2) is 14.5 Å². The van der Waals surface area contributed by atoms with Crippen LogP contribution in [0.4, 0.5) is 24.7 Å². The van der Waals surface area contributed by atoms with Crippen molar-refractivity contribution in [1.29, 1.82) is 0 Å². The lowest BCUT2D eigenvalue weighted by Crippen LogP contribution is -2.02. The fraction of sp³-hybridized carbons (Fsp3) is 0.143. The third-order valence-electron chi connectivity index (χ3n) is 4.73. The summed E-state index contributed by atoms with van der Waals surface area (Å²) < 4.78 is 42.1. The van der Waals surface area contributed by atoms with Crippen LogP contribution in [0.2, 0.25) is 0 Å². The first-order valence-electron chi connectivity index (χ1n) is 8.69. The van der Waals surface area contributed by atoms with Gasteiger partial charge in [-0.05, 0) is 62.7 Å². The second kappa shape index (κ2) is 6.67. The third-order valence-corrected chi connectivity index (χ3v) is 4.73. The number of nitrogens with zero attached hydrogens (tertiary/aromatic N) is 3. The second-order valence-electron chi connectivity index (χ2n) is 6.59. The summed E-state index contributed by atoms with van der Waals surface area (Å²) >= 11 is 0. The zero-order chi connectivity index (χ0) is 20.0. The van der Waals surface area contributed by atoms with Gasteiger partial charge in [-0.3, -0.25) is 4.57 Å². The van der Waals surface area contributed by atoms with E-state index in [-0.39, 0.29) is 5.82 Å². The fourth-order valence-electron chi connectivity index (χ4n) is 3.28. The topological polar surface area (TPSA) is 42.7 Å². The molecule has 0 saturated heterocycles. The van der Waals surface area contributed by atoms with Crippen LogP contribution in [-0.2, 0) is 0 Å². The van der Waals surface area contributed by atoms with Crippen LogP contribution in [0.3, 0.4) is 0 Å². The summed E-state index contributed by atoms with van der Waals surface area (Å²) in [7, 11) is 0. The number of hydrogen-bond acceptors (Lipinski definition) is 3. The lowest BCUT2D eigenvalue weighted by molar-refractivity contribution is 0.509. The van der Waals surface area contributed by atoms with Crippen LogP contribution in [0.15, 0.2) is 42.5 Å². The molecule has 142 valence electrons. The molecule has 0 radical (unpaired) electrons. The van der Waals surface area contributed by atoms with Gasteiger partial charge in [-0.1, -0.05) is 0 Å². The molecule has 0 atom stereocenters. The minimum atomic E-state index is -0.941. The smallest absolute Gasteiger partial charge is 0.160 e. The number of benzene rings is 2. The Balaban J connectivity index is 1.92. The predicted octanol–water partition coefficient (Wildman–Crippen LogP) is 5.51. The van der Waals surface area contributed by atoms with Gasteiger partial charge in [-0.15, -0.1) is 0 Å². The Morgan fingerprint density at radius 2 is 1.57 bits per heavy atom. The number of aromatic nitrogens is 3. The molecule has 7 heteroatoms. The summed E-state index contributed by atoms with van der Waals surface area (Å²) in [5.74, 6) is -1.16. The van der Waals surface area contributed by atoms with E-state index >= 15 is 0 Å². The van der Waals surface area contributed by atoms with E-state index in [1.807, 2.05) is 18.4 Å². The maximum absolute atomic E-state index is 13.6. The van der Waals surface area contributed by atoms with E-state index in [2.05, 4.69) is 15.3 Å². The highest BCUT2D eigenvalue weighted by molar-refractivity contribution is 5.94. The average Bonchev–Trinajstić information content (AvgIpc) is 2.90. The molecular formula is C21H17F3N4. The van der Waals surface area contributed by atoms with Crippen molar-refractivity contribution in [3.63, 3.8) is 0 Å². The molecule has 0 saturated carbocycles. The molecule has 0 aliphatic heterocycles. The van der Waals surface area contributed by atoms with Gasteiger partial charge in [0.15, 0.2) is 17.3 Å². The molecule has 0 spiro atoms. The van der Waals surface area contributed by atoms with E-state index in [0.717, 1.165) is 34.5 Å². The Kier molecular flexibility index (Phi) is 4.30. The average molecular weight is 382 g/mol. The van der Waals surface area contributed by atoms with Crippen molar-refractivity contribution in [3.05, 3.63) is 77.0 Å². The van der Waals surface area contributed by atoms with Gasteiger partial charge >= 0.3 is 0 Å². The van der Waals surface area contributed by atoms with Crippen molar-refractivity contribution < 1.29 is 13.2 Å². The summed E-state index contributed by atoms with van der Waals surface area (Å²) in [5.41, 5.74) is 3.66. The maximum Gasteiger partial charge on any atom is 0.160 e. The van der Waals surface area contributed by atoms with Gasteiger partial charge in [0.25, 0.3) is 0 Å². The molecule has 2 aromatic heterocycles. The van der Waals surface area contributed by atoms with E-state index in [0.29, 0.717) is 23.0 Å². The van der Waals surface area contributed by atoms with Gasteiger partial charge in [-0.2, -0.15) is 0 Å². The quantitative estimate of drug-likeness (QED) is 0.508. The molecule has 0 aliphatic rings. The molecule has 28 heavy (non-hydrogen) atoms. The summed E-state index contributed by atoms with van der Waals surface area (Å²) in [5, 5.41) is 3.83. The van der Waals surface area contributed by atoms with E-state index in [1.54, 1.807) is 19.1 Å². The van der Waals surface area contributed by atoms with Crippen LogP contribution in [0.5, 0.6) is 0 Å². The lowest BCUT2D eigenvalue weighted by Gasteiger charge is -2.10. The Morgan fingerprint density at radius 1 is 0.857 bits per heavy atom. The van der Waals surface area contributed by atoms with Crippen LogP contribution >= 0.6 is 0 Å². The summed E-state index contributed by atoms with van der Waals surface area (Å²) in [6.45, 7) is 5.63. The van der Waals surface area contributed by atoms with Gasteiger partial charge in [0.1, 0.15) is 17.5 Å². The number of anilines is 2. The summed E-state index contributed by atoms with van der Waals surface area (Å²) in [6, 6.07) is 9.74. The number of rotatable bonds is 3. The standard InChI is InChI=1S/C21H17F3N4/c1-11-12(2)28(16-7-4-14(22)5-8-16)21-19(11)20(25-13(3)26-21)27-15-6-9-17(23)18(24)10-15/h4-10H,1-3H3,(H,25,26,27). The SMILES string of the molecule is Cc1nc(Nc2ccc(F)c(F)c2)c2c(C)c(C)n(-c3ccc(F)cc3)c2n1. The molecule has 4 rings (SSSR count). The van der Waals surface area contributed by atoms with Crippen molar-refractivity contribution in [2.24, 2.45) is 0 Å². The first kappa shape index (κ1) is 18.0. The molecule has 0 amide bonds. The fourth-order valence-corrected chi connectivity index (χ4v) is 3.28. The van der Waals surface area contributed by atoms with E-state index in [4.69, 9.17) is 0 Å². The van der Waals surface area contributed by atoms with Crippen molar-refractivity contribution in [3.8, 4) is 5.69 Å². The lowest BCUT2D eigenvalue weighted by atomic mass is 10.2. The van der Waals surface area contributed by atoms with Crippen LogP contribution in [0, 0.1) is 38.2 Å². The van der Waals surface area contributed by atoms with Gasteiger partial charge in [0.05, 0.1) is 5.39 Å². The van der Waals surface area contributed by atoms with Gasteiger partial charge in [-0.25, -0.2) is 23.1 Å². The summed E-state index contributed by atoms with van der Waals surface area (Å²) in [6.07, 6.45) is 0.